The molecule has 36 heavy (non-hydrogen) atoms. The molecule has 4 atom stereocenters. The maximum absolute atomic E-state index is 14.0. The first-order valence-electron chi connectivity index (χ1n) is 12.0. The summed E-state index contributed by atoms with van der Waals surface area (Å²) in [4.78, 5) is 43.2. The lowest BCUT2D eigenvalue weighted by Gasteiger charge is -2.34. The first-order valence-corrected chi connectivity index (χ1v) is 12.0. The Balaban J connectivity index is 1.49. The fourth-order valence-electron chi connectivity index (χ4n) is 5.89. The number of fused-ring (bicyclic) bond motifs is 5. The molecule has 0 aromatic heterocycles. The van der Waals surface area contributed by atoms with Gasteiger partial charge in [-0.15, -0.1) is 0 Å². The summed E-state index contributed by atoms with van der Waals surface area (Å²) in [5.41, 5.74) is 4.69. The lowest BCUT2D eigenvalue weighted by atomic mass is 9.83. The molecule has 3 aliphatic rings. The minimum Gasteiger partial charge on any atom is -0.497 e. The summed E-state index contributed by atoms with van der Waals surface area (Å²) < 4.78 is 5.23. The molecular formula is C29H25N3O4. The Kier molecular flexibility index (Phi) is 5.03. The van der Waals surface area contributed by atoms with Crippen LogP contribution in [0.15, 0.2) is 71.8 Å². The van der Waals surface area contributed by atoms with Crippen LogP contribution in [0.25, 0.3) is 0 Å². The van der Waals surface area contributed by atoms with Crippen molar-refractivity contribution in [1.29, 1.82) is 0 Å². The number of aryl methyl sites for hydroxylation is 2. The number of benzene rings is 3. The monoisotopic (exact) mass is 479 g/mol. The molecule has 0 unspecified atom stereocenters. The molecule has 6 rings (SSSR count). The second-order valence-electron chi connectivity index (χ2n) is 9.59. The summed E-state index contributed by atoms with van der Waals surface area (Å²) in [5.74, 6) is -1.82. The number of carbonyl (C=O) groups is 3. The Bertz CT molecular complexity index is 1450. The predicted octanol–water partition coefficient (Wildman–Crippen LogP) is 4.07. The summed E-state index contributed by atoms with van der Waals surface area (Å²) in [6, 6.07) is 18.8. The molecule has 7 nitrogen and oxygen atoms in total. The SMILES string of the molecule is COc1ccc(C(=O)[C@H]2[C@H]3C(=O)N(c4ccc(C)cc4C)C(=O)[C@H]3[C@@H]3c4ccccc4C=NN23)cc1. The molecule has 3 aromatic rings. The van der Waals surface area contributed by atoms with E-state index in [2.05, 4.69) is 5.10 Å². The fourth-order valence-corrected chi connectivity index (χ4v) is 5.89. The molecule has 0 N–H and O–H groups in total. The van der Waals surface area contributed by atoms with Gasteiger partial charge in [-0.25, -0.2) is 4.90 Å². The summed E-state index contributed by atoms with van der Waals surface area (Å²) in [6.07, 6.45) is 1.71. The van der Waals surface area contributed by atoms with Gasteiger partial charge in [-0.2, -0.15) is 5.10 Å². The Morgan fingerprint density at radius 1 is 0.917 bits per heavy atom. The molecule has 0 saturated carbocycles. The van der Waals surface area contributed by atoms with Crippen molar-refractivity contribution in [2.45, 2.75) is 25.9 Å². The molecule has 2 saturated heterocycles. The number of nitrogens with zero attached hydrogens (tertiary/aromatic N) is 3. The maximum atomic E-state index is 14.0. The zero-order valence-corrected chi connectivity index (χ0v) is 20.2. The first-order chi connectivity index (χ1) is 17.4. The van der Waals surface area contributed by atoms with Gasteiger partial charge in [0, 0.05) is 5.56 Å². The van der Waals surface area contributed by atoms with Crippen molar-refractivity contribution in [1.82, 2.24) is 5.01 Å². The topological polar surface area (TPSA) is 79.3 Å². The number of anilines is 1. The number of hydrazone groups is 1. The quantitative estimate of drug-likeness (QED) is 0.416. The van der Waals surface area contributed by atoms with Gasteiger partial charge in [0.15, 0.2) is 5.78 Å². The number of ether oxygens (including phenoxy) is 1. The molecule has 0 radical (unpaired) electrons. The lowest BCUT2D eigenvalue weighted by Crippen LogP contribution is -2.44. The molecule has 2 amide bonds. The van der Waals surface area contributed by atoms with Gasteiger partial charge >= 0.3 is 0 Å². The van der Waals surface area contributed by atoms with E-state index in [0.29, 0.717) is 17.0 Å². The molecule has 0 aliphatic carbocycles. The number of imide groups is 1. The van der Waals surface area contributed by atoms with Crippen LogP contribution < -0.4 is 9.64 Å². The number of rotatable bonds is 4. The molecular weight excluding hydrogens is 454 g/mol. The van der Waals surface area contributed by atoms with Crippen LogP contribution in [0.2, 0.25) is 0 Å². The third kappa shape index (κ3) is 3.12. The summed E-state index contributed by atoms with van der Waals surface area (Å²) >= 11 is 0. The molecule has 2 fully saturated rings. The highest BCUT2D eigenvalue weighted by Gasteiger charge is 2.65. The van der Waals surface area contributed by atoms with Gasteiger partial charge < -0.3 is 4.74 Å². The Morgan fingerprint density at radius 3 is 2.36 bits per heavy atom. The largest absolute Gasteiger partial charge is 0.497 e. The van der Waals surface area contributed by atoms with Crippen LogP contribution >= 0.6 is 0 Å². The summed E-state index contributed by atoms with van der Waals surface area (Å²) in [5, 5.41) is 6.29. The molecule has 0 bridgehead atoms. The Hall–Kier alpha value is -4.26. The van der Waals surface area contributed by atoms with E-state index >= 15 is 0 Å². The van der Waals surface area contributed by atoms with Crippen LogP contribution in [-0.2, 0) is 9.59 Å². The van der Waals surface area contributed by atoms with Gasteiger partial charge in [0.1, 0.15) is 11.8 Å². The minimum atomic E-state index is -0.898. The number of hydrogen-bond acceptors (Lipinski definition) is 6. The minimum absolute atomic E-state index is 0.240. The van der Waals surface area contributed by atoms with Crippen molar-refractivity contribution in [2.24, 2.45) is 16.9 Å². The van der Waals surface area contributed by atoms with Crippen molar-refractivity contribution in [3.05, 3.63) is 94.5 Å². The number of amides is 2. The zero-order chi connectivity index (χ0) is 25.1. The van der Waals surface area contributed by atoms with E-state index in [1.54, 1.807) is 42.6 Å². The van der Waals surface area contributed by atoms with E-state index in [0.717, 1.165) is 22.3 Å². The number of hydrogen-bond donors (Lipinski definition) is 0. The van der Waals surface area contributed by atoms with Crippen molar-refractivity contribution in [3.63, 3.8) is 0 Å². The van der Waals surface area contributed by atoms with Gasteiger partial charge in [-0.1, -0.05) is 42.0 Å². The Morgan fingerprint density at radius 2 is 1.64 bits per heavy atom. The normalized spacial score (nSPS) is 24.0. The Labute approximate surface area is 209 Å². The summed E-state index contributed by atoms with van der Waals surface area (Å²) in [7, 11) is 1.56. The first kappa shape index (κ1) is 22.2. The van der Waals surface area contributed by atoms with Crippen LogP contribution in [0, 0.1) is 25.7 Å². The van der Waals surface area contributed by atoms with E-state index in [-0.39, 0.29) is 17.6 Å². The molecule has 0 spiro atoms. The maximum Gasteiger partial charge on any atom is 0.240 e. The van der Waals surface area contributed by atoms with Crippen molar-refractivity contribution in [3.8, 4) is 5.75 Å². The van der Waals surface area contributed by atoms with Gasteiger partial charge in [0.2, 0.25) is 11.8 Å². The van der Waals surface area contributed by atoms with Gasteiger partial charge in [0.05, 0.1) is 36.9 Å². The highest BCUT2D eigenvalue weighted by Crippen LogP contribution is 2.53. The van der Waals surface area contributed by atoms with Crippen LogP contribution in [0.5, 0.6) is 5.75 Å². The molecule has 180 valence electrons. The molecule has 3 aliphatic heterocycles. The van der Waals surface area contributed by atoms with Crippen molar-refractivity contribution in [2.75, 3.05) is 12.0 Å². The summed E-state index contributed by atoms with van der Waals surface area (Å²) in [6.45, 7) is 3.86. The third-order valence-electron chi connectivity index (χ3n) is 7.53. The van der Waals surface area contributed by atoms with Gasteiger partial charge in [0.25, 0.3) is 0 Å². The number of carbonyl (C=O) groups excluding carboxylic acids is 3. The van der Waals surface area contributed by atoms with Gasteiger partial charge in [-0.3, -0.25) is 19.4 Å². The van der Waals surface area contributed by atoms with Crippen LogP contribution in [-0.4, -0.2) is 42.0 Å². The number of Topliss-reactive ketones (excluding diaryl/α,β-unsaturated/α-hetero) is 1. The van der Waals surface area contributed by atoms with E-state index in [1.807, 2.05) is 56.3 Å². The molecule has 7 heteroatoms. The molecule has 3 aromatic carbocycles. The smallest absolute Gasteiger partial charge is 0.240 e. The van der Waals surface area contributed by atoms with Crippen LogP contribution in [0.3, 0.4) is 0 Å². The third-order valence-corrected chi connectivity index (χ3v) is 7.53. The van der Waals surface area contributed by atoms with E-state index < -0.39 is 23.9 Å². The molecule has 3 heterocycles. The van der Waals surface area contributed by atoms with Gasteiger partial charge in [-0.05, 0) is 60.9 Å². The second kappa shape index (κ2) is 8.16. The lowest BCUT2D eigenvalue weighted by molar-refractivity contribution is -0.124. The average molecular weight is 480 g/mol. The number of ketones is 1. The highest BCUT2D eigenvalue weighted by molar-refractivity contribution is 6.25. The van der Waals surface area contributed by atoms with Crippen LogP contribution in [0.4, 0.5) is 5.69 Å². The average Bonchev–Trinajstić information content (AvgIpc) is 3.36. The second-order valence-corrected chi connectivity index (χ2v) is 9.59. The van der Waals surface area contributed by atoms with E-state index in [1.165, 1.54) is 4.90 Å². The van der Waals surface area contributed by atoms with Crippen LogP contribution in [0.1, 0.15) is 38.7 Å². The zero-order valence-electron chi connectivity index (χ0n) is 20.2. The highest BCUT2D eigenvalue weighted by atomic mass is 16.5. The van der Waals surface area contributed by atoms with Crippen molar-refractivity contribution < 1.29 is 19.1 Å². The van der Waals surface area contributed by atoms with Crippen molar-refractivity contribution >= 4 is 29.5 Å². The predicted molar refractivity (Wildman–Crippen MR) is 135 cm³/mol. The van der Waals surface area contributed by atoms with E-state index in [4.69, 9.17) is 4.74 Å². The van der Waals surface area contributed by atoms with E-state index in [9.17, 15) is 14.4 Å². The number of methoxy groups -OCH3 is 1. The standard InChI is InChI=1S/C29H25N3O4/c1-16-8-13-22(17(2)14-16)31-28(34)23-24(29(31)35)26(27(33)18-9-11-20(36-3)12-10-18)32-25(23)21-7-5-4-6-19(21)15-30-32/h4-15,23-26H,1-3H3/t23-,24+,25+,26-/m1/s1. The fraction of sp³-hybridized carbons (Fsp3) is 0.241.